The minimum absolute atomic E-state index is 0.0192. The number of carbonyl (C=O) groups is 1. The second kappa shape index (κ2) is 8.30. The van der Waals surface area contributed by atoms with E-state index in [-0.39, 0.29) is 11.8 Å². The first kappa shape index (κ1) is 20.6. The average molecular weight is 428 g/mol. The molecule has 3 aromatic rings. The number of rotatable bonds is 3. The van der Waals surface area contributed by atoms with Crippen molar-refractivity contribution < 1.29 is 14.6 Å². The van der Waals surface area contributed by atoms with Gasteiger partial charge >= 0.3 is 0 Å². The van der Waals surface area contributed by atoms with Gasteiger partial charge in [-0.3, -0.25) is 9.78 Å². The fourth-order valence-corrected chi connectivity index (χ4v) is 3.88. The molecule has 1 aliphatic heterocycles. The van der Waals surface area contributed by atoms with E-state index in [1.807, 2.05) is 25.1 Å². The quantitative estimate of drug-likeness (QED) is 0.623. The number of aryl methyl sites for hydroxylation is 1. The number of amides is 1. The Bertz CT molecular complexity index is 1230. The van der Waals surface area contributed by atoms with Gasteiger partial charge in [0.1, 0.15) is 11.5 Å². The van der Waals surface area contributed by atoms with Gasteiger partial charge in [-0.15, -0.1) is 0 Å². The second-order valence-corrected chi connectivity index (χ2v) is 8.46. The highest BCUT2D eigenvalue weighted by Gasteiger charge is 2.32. The number of carbonyl (C=O) groups excluding carboxylic acids is 1. The Morgan fingerprint density at radius 2 is 1.91 bits per heavy atom. The third-order valence-corrected chi connectivity index (χ3v) is 6.12. The first-order chi connectivity index (χ1) is 15.5. The molecule has 0 unspecified atom stereocenters. The molecule has 7 heteroatoms. The third kappa shape index (κ3) is 4.20. The summed E-state index contributed by atoms with van der Waals surface area (Å²) >= 11 is 0. The molecule has 0 spiro atoms. The molecule has 1 aliphatic carbocycles. The lowest BCUT2D eigenvalue weighted by Crippen LogP contribution is -2.33. The van der Waals surface area contributed by atoms with Crippen LogP contribution >= 0.6 is 0 Å². The van der Waals surface area contributed by atoms with Gasteiger partial charge in [0.05, 0.1) is 11.2 Å². The molecule has 2 fully saturated rings. The van der Waals surface area contributed by atoms with Gasteiger partial charge in [0.2, 0.25) is 5.91 Å². The minimum atomic E-state index is -0.886. The van der Waals surface area contributed by atoms with Crippen LogP contribution < -0.4 is 5.32 Å². The van der Waals surface area contributed by atoms with E-state index in [0.717, 1.165) is 40.4 Å². The Balaban J connectivity index is 1.42. The van der Waals surface area contributed by atoms with Crippen molar-refractivity contribution in [3.63, 3.8) is 0 Å². The van der Waals surface area contributed by atoms with Gasteiger partial charge in [-0.1, -0.05) is 12.0 Å². The zero-order valence-corrected chi connectivity index (χ0v) is 17.9. The number of aliphatic hydroxyl groups is 1. The van der Waals surface area contributed by atoms with E-state index in [2.05, 4.69) is 32.1 Å². The Morgan fingerprint density at radius 1 is 1.09 bits per heavy atom. The van der Waals surface area contributed by atoms with Gasteiger partial charge in [-0.2, -0.15) is 0 Å². The van der Waals surface area contributed by atoms with E-state index < -0.39 is 5.60 Å². The van der Waals surface area contributed by atoms with Crippen molar-refractivity contribution in [1.82, 2.24) is 15.0 Å². The molecule has 2 aliphatic rings. The maximum atomic E-state index is 12.1. The molecule has 4 heterocycles. The van der Waals surface area contributed by atoms with Gasteiger partial charge in [-0.25, -0.2) is 9.97 Å². The van der Waals surface area contributed by atoms with Gasteiger partial charge < -0.3 is 15.2 Å². The van der Waals surface area contributed by atoms with Gasteiger partial charge in [0.25, 0.3) is 0 Å². The number of fused-ring (bicyclic) bond motifs is 1. The molecule has 0 bridgehead atoms. The zero-order chi connectivity index (χ0) is 22.1. The summed E-state index contributed by atoms with van der Waals surface area (Å²) in [5, 5.41) is 15.5. The normalized spacial score (nSPS) is 17.4. The lowest BCUT2D eigenvalue weighted by Gasteiger charge is -2.32. The number of nitrogens with one attached hydrogen (secondary N) is 1. The summed E-state index contributed by atoms with van der Waals surface area (Å²) < 4.78 is 5.35. The van der Waals surface area contributed by atoms with Crippen molar-refractivity contribution >= 4 is 22.5 Å². The molecule has 32 heavy (non-hydrogen) atoms. The highest BCUT2D eigenvalue weighted by atomic mass is 16.5. The number of ether oxygens (including phenoxy) is 1. The van der Waals surface area contributed by atoms with E-state index in [0.29, 0.717) is 37.6 Å². The maximum absolute atomic E-state index is 12.1. The van der Waals surface area contributed by atoms with Gasteiger partial charge in [0.15, 0.2) is 0 Å². The van der Waals surface area contributed by atoms with Crippen LogP contribution in [0.2, 0.25) is 0 Å². The van der Waals surface area contributed by atoms with Crippen molar-refractivity contribution in [3.8, 4) is 11.8 Å². The first-order valence-electron chi connectivity index (χ1n) is 10.9. The Labute approximate surface area is 186 Å². The largest absolute Gasteiger partial charge is 0.385 e. The summed E-state index contributed by atoms with van der Waals surface area (Å²) in [4.78, 5) is 25.4. The maximum Gasteiger partial charge on any atom is 0.228 e. The van der Waals surface area contributed by atoms with Crippen molar-refractivity contribution in [2.24, 2.45) is 5.92 Å². The topological polar surface area (TPSA) is 97.2 Å². The summed E-state index contributed by atoms with van der Waals surface area (Å²) in [6, 6.07) is 5.55. The van der Waals surface area contributed by atoms with Crippen molar-refractivity contribution in [1.29, 1.82) is 0 Å². The first-order valence-corrected chi connectivity index (χ1v) is 10.9. The number of hydrogen-bond donors (Lipinski definition) is 2. The molecule has 162 valence electrons. The van der Waals surface area contributed by atoms with Crippen LogP contribution in [0.1, 0.15) is 48.2 Å². The molecular formula is C25H24N4O3. The predicted molar refractivity (Wildman–Crippen MR) is 120 cm³/mol. The standard InChI is InChI=1S/C25H24N4O3/c1-16-22-15-28-23(29-24(30)17-2-3-17)12-21(22)18(13-26-16)4-6-20-7-5-19(14-27-20)25(31)8-10-32-11-9-25/h5,7,12-15,17,31H,2-3,8-11H2,1H3,(H,28,29,30). The Hall–Kier alpha value is -3.34. The van der Waals surface area contributed by atoms with Crippen LogP contribution in [-0.2, 0) is 15.1 Å². The van der Waals surface area contributed by atoms with E-state index in [9.17, 15) is 9.90 Å². The second-order valence-electron chi connectivity index (χ2n) is 8.46. The SMILES string of the molecule is Cc1ncc(C#Cc2ccc(C3(O)CCOCC3)cn2)c2cc(NC(=O)C3CC3)ncc12. The van der Waals surface area contributed by atoms with Crippen LogP contribution in [0.4, 0.5) is 5.82 Å². The van der Waals surface area contributed by atoms with E-state index >= 15 is 0 Å². The summed E-state index contributed by atoms with van der Waals surface area (Å²) in [7, 11) is 0. The minimum Gasteiger partial charge on any atom is -0.385 e. The Kier molecular flexibility index (Phi) is 5.33. The van der Waals surface area contributed by atoms with Crippen molar-refractivity contribution in [2.45, 2.75) is 38.2 Å². The molecule has 1 amide bonds. The van der Waals surface area contributed by atoms with E-state index in [1.54, 1.807) is 18.6 Å². The van der Waals surface area contributed by atoms with Crippen LogP contribution in [0, 0.1) is 24.7 Å². The molecular weight excluding hydrogens is 404 g/mol. The van der Waals surface area contributed by atoms with Gasteiger partial charge in [0, 0.05) is 72.6 Å². The monoisotopic (exact) mass is 428 g/mol. The fraction of sp³-hybridized carbons (Fsp3) is 0.360. The summed E-state index contributed by atoms with van der Waals surface area (Å²) in [6.07, 6.45) is 8.16. The summed E-state index contributed by atoms with van der Waals surface area (Å²) in [5.41, 5.74) is 2.10. The van der Waals surface area contributed by atoms with E-state index in [1.165, 1.54) is 0 Å². The smallest absolute Gasteiger partial charge is 0.228 e. The molecule has 5 rings (SSSR count). The molecule has 1 saturated carbocycles. The van der Waals surface area contributed by atoms with Crippen molar-refractivity contribution in [2.75, 3.05) is 18.5 Å². The number of nitrogens with zero attached hydrogens (tertiary/aromatic N) is 3. The third-order valence-electron chi connectivity index (χ3n) is 6.12. The molecule has 1 saturated heterocycles. The van der Waals surface area contributed by atoms with Crippen molar-refractivity contribution in [3.05, 3.63) is 59.3 Å². The predicted octanol–water partition coefficient (Wildman–Crippen LogP) is 3.08. The fourth-order valence-electron chi connectivity index (χ4n) is 3.88. The molecule has 0 radical (unpaired) electrons. The van der Waals surface area contributed by atoms with Crippen LogP contribution in [0.25, 0.3) is 10.8 Å². The molecule has 2 N–H and O–H groups in total. The highest BCUT2D eigenvalue weighted by molar-refractivity contribution is 5.96. The Morgan fingerprint density at radius 3 is 2.62 bits per heavy atom. The summed E-state index contributed by atoms with van der Waals surface area (Å²) in [6.45, 7) is 3.01. The molecule has 0 atom stereocenters. The molecule has 7 nitrogen and oxygen atoms in total. The zero-order valence-electron chi connectivity index (χ0n) is 17.9. The lowest BCUT2D eigenvalue weighted by molar-refractivity contribution is -0.117. The number of hydrogen-bond acceptors (Lipinski definition) is 6. The summed E-state index contributed by atoms with van der Waals surface area (Å²) in [5.74, 6) is 6.90. The van der Waals surface area contributed by atoms with Gasteiger partial charge in [-0.05, 0) is 37.8 Å². The van der Waals surface area contributed by atoms with Crippen LogP contribution in [-0.4, -0.2) is 39.2 Å². The van der Waals surface area contributed by atoms with Crippen LogP contribution in [0.3, 0.4) is 0 Å². The lowest BCUT2D eigenvalue weighted by atomic mass is 9.87. The van der Waals surface area contributed by atoms with Crippen LogP contribution in [0.15, 0.2) is 36.8 Å². The molecule has 0 aromatic carbocycles. The van der Waals surface area contributed by atoms with Crippen LogP contribution in [0.5, 0.6) is 0 Å². The average Bonchev–Trinajstić information content (AvgIpc) is 3.65. The number of pyridine rings is 3. The highest BCUT2D eigenvalue weighted by Crippen LogP contribution is 2.32. The molecule has 3 aromatic heterocycles. The van der Waals surface area contributed by atoms with E-state index in [4.69, 9.17) is 4.74 Å². The number of aromatic nitrogens is 3. The number of anilines is 1.